The minimum Gasteiger partial charge on any atom is -0.480 e. The van der Waals surface area contributed by atoms with Gasteiger partial charge in [0, 0.05) is 0 Å². The Morgan fingerprint density at radius 1 is 1.26 bits per heavy atom. The molecule has 0 bridgehead atoms. The fraction of sp³-hybridized carbons (Fsp3) is 0.500. The van der Waals surface area contributed by atoms with E-state index in [-0.39, 0.29) is 0 Å². The number of carboxylic acid groups (broad SMARTS) is 1. The van der Waals surface area contributed by atoms with Crippen LogP contribution in [0.15, 0.2) is 22.7 Å². The molecule has 104 valence electrons. The van der Waals surface area contributed by atoms with Gasteiger partial charge in [0.25, 0.3) is 0 Å². The molecule has 5 heteroatoms. The Labute approximate surface area is 120 Å². The third-order valence-corrected chi connectivity index (χ3v) is 4.14. The molecule has 3 nitrogen and oxygen atoms in total. The number of halogens is 2. The standard InChI is InChI=1S/C14H17BrFNO2/c15-11-6-5-10(9-12(11)16)13(14(18)19)17-7-3-1-2-4-8-17/h5-6,9,13H,1-4,7-8H2,(H,18,19). The second-order valence-corrected chi connectivity index (χ2v) is 5.72. The summed E-state index contributed by atoms with van der Waals surface area (Å²) in [6, 6.07) is 3.81. The molecule has 1 aliphatic rings. The van der Waals surface area contributed by atoms with E-state index in [1.807, 2.05) is 4.90 Å². The molecule has 1 aromatic carbocycles. The van der Waals surface area contributed by atoms with Crippen LogP contribution in [0.4, 0.5) is 4.39 Å². The molecule has 2 rings (SSSR count). The fourth-order valence-corrected chi connectivity index (χ4v) is 2.79. The predicted molar refractivity (Wildman–Crippen MR) is 74.5 cm³/mol. The van der Waals surface area contributed by atoms with E-state index in [4.69, 9.17) is 0 Å². The lowest BCUT2D eigenvalue weighted by Crippen LogP contribution is -2.35. The molecular formula is C14H17BrFNO2. The Morgan fingerprint density at radius 3 is 2.42 bits per heavy atom. The van der Waals surface area contributed by atoms with E-state index in [1.165, 1.54) is 6.07 Å². The zero-order valence-electron chi connectivity index (χ0n) is 10.6. The van der Waals surface area contributed by atoms with Crippen LogP contribution in [-0.2, 0) is 4.79 Å². The highest BCUT2D eigenvalue weighted by molar-refractivity contribution is 9.10. The monoisotopic (exact) mass is 329 g/mol. The van der Waals surface area contributed by atoms with Gasteiger partial charge >= 0.3 is 5.97 Å². The van der Waals surface area contributed by atoms with Gasteiger partial charge in [-0.1, -0.05) is 18.9 Å². The highest BCUT2D eigenvalue weighted by Gasteiger charge is 2.28. The van der Waals surface area contributed by atoms with Gasteiger partial charge in [-0.25, -0.2) is 4.39 Å². The first-order valence-electron chi connectivity index (χ1n) is 6.51. The SMILES string of the molecule is O=C(O)C(c1ccc(Br)c(F)c1)N1CCCCCC1. The molecule has 0 radical (unpaired) electrons. The van der Waals surface area contributed by atoms with Crippen LogP contribution < -0.4 is 0 Å². The minimum absolute atomic E-state index is 0.358. The van der Waals surface area contributed by atoms with E-state index in [2.05, 4.69) is 15.9 Å². The number of hydrogen-bond acceptors (Lipinski definition) is 2. The number of hydrogen-bond donors (Lipinski definition) is 1. The number of carbonyl (C=O) groups is 1. The van der Waals surface area contributed by atoms with E-state index in [0.717, 1.165) is 38.8 Å². The van der Waals surface area contributed by atoms with Crippen molar-refractivity contribution in [1.29, 1.82) is 0 Å². The molecule has 19 heavy (non-hydrogen) atoms. The third kappa shape index (κ3) is 3.54. The van der Waals surface area contributed by atoms with E-state index < -0.39 is 17.8 Å². The van der Waals surface area contributed by atoms with Crippen LogP contribution in [0.25, 0.3) is 0 Å². The zero-order chi connectivity index (χ0) is 13.8. The Kier molecular flexibility index (Phi) is 4.93. The van der Waals surface area contributed by atoms with E-state index in [1.54, 1.807) is 12.1 Å². The normalized spacial score (nSPS) is 18.8. The summed E-state index contributed by atoms with van der Waals surface area (Å²) < 4.78 is 13.9. The lowest BCUT2D eigenvalue weighted by molar-refractivity contribution is -0.143. The summed E-state index contributed by atoms with van der Waals surface area (Å²) in [6.07, 6.45) is 4.28. The van der Waals surface area contributed by atoms with E-state index in [9.17, 15) is 14.3 Å². The largest absolute Gasteiger partial charge is 0.480 e. The van der Waals surface area contributed by atoms with Gasteiger partial charge in [0.2, 0.25) is 0 Å². The fourth-order valence-electron chi connectivity index (χ4n) is 2.55. The van der Waals surface area contributed by atoms with Crippen LogP contribution >= 0.6 is 15.9 Å². The molecule has 0 amide bonds. The Hall–Kier alpha value is -0.940. The molecule has 1 unspecified atom stereocenters. The molecule has 1 fully saturated rings. The molecule has 0 spiro atoms. The Morgan fingerprint density at radius 2 is 1.89 bits per heavy atom. The number of nitrogens with zero attached hydrogens (tertiary/aromatic N) is 1. The van der Waals surface area contributed by atoms with Gasteiger partial charge in [0.05, 0.1) is 4.47 Å². The summed E-state index contributed by atoms with van der Waals surface area (Å²) in [5.74, 6) is -1.33. The van der Waals surface area contributed by atoms with Crippen molar-refractivity contribution in [3.8, 4) is 0 Å². The molecule has 1 heterocycles. The van der Waals surface area contributed by atoms with Crippen molar-refractivity contribution in [3.05, 3.63) is 34.1 Å². The van der Waals surface area contributed by atoms with Gasteiger partial charge in [-0.3, -0.25) is 9.69 Å². The number of rotatable bonds is 3. The van der Waals surface area contributed by atoms with Crippen molar-refractivity contribution in [1.82, 2.24) is 4.90 Å². The summed E-state index contributed by atoms with van der Waals surface area (Å²) in [5.41, 5.74) is 0.509. The summed E-state index contributed by atoms with van der Waals surface area (Å²) in [6.45, 7) is 1.52. The first kappa shape index (κ1) is 14.5. The first-order chi connectivity index (χ1) is 9.09. The first-order valence-corrected chi connectivity index (χ1v) is 7.30. The maximum absolute atomic E-state index is 13.6. The minimum atomic E-state index is -0.913. The second-order valence-electron chi connectivity index (χ2n) is 4.86. The second kappa shape index (κ2) is 6.48. The highest BCUT2D eigenvalue weighted by Crippen LogP contribution is 2.27. The van der Waals surface area contributed by atoms with Gasteiger partial charge in [0.15, 0.2) is 0 Å². The van der Waals surface area contributed by atoms with Gasteiger partial charge in [-0.15, -0.1) is 0 Å². The topological polar surface area (TPSA) is 40.5 Å². The smallest absolute Gasteiger partial charge is 0.325 e. The number of likely N-dealkylation sites (tertiary alicyclic amines) is 1. The Bertz CT molecular complexity index is 459. The van der Waals surface area contributed by atoms with Crippen molar-refractivity contribution >= 4 is 21.9 Å². The van der Waals surface area contributed by atoms with Crippen LogP contribution in [0.2, 0.25) is 0 Å². The van der Waals surface area contributed by atoms with Crippen LogP contribution in [0.1, 0.15) is 37.3 Å². The van der Waals surface area contributed by atoms with Gasteiger partial charge in [-0.2, -0.15) is 0 Å². The van der Waals surface area contributed by atoms with Gasteiger partial charge in [-0.05, 0) is 59.6 Å². The lowest BCUT2D eigenvalue weighted by Gasteiger charge is -2.27. The predicted octanol–water partition coefficient (Wildman–Crippen LogP) is 3.59. The quantitative estimate of drug-likeness (QED) is 0.921. The van der Waals surface area contributed by atoms with E-state index >= 15 is 0 Å². The molecular weight excluding hydrogens is 313 g/mol. The van der Waals surface area contributed by atoms with Crippen molar-refractivity contribution in [2.24, 2.45) is 0 Å². The van der Waals surface area contributed by atoms with Crippen molar-refractivity contribution in [2.75, 3.05) is 13.1 Å². The number of aliphatic carboxylic acids is 1. The van der Waals surface area contributed by atoms with Gasteiger partial charge < -0.3 is 5.11 Å². The maximum atomic E-state index is 13.6. The van der Waals surface area contributed by atoms with Crippen LogP contribution in [0, 0.1) is 5.82 Å². The highest BCUT2D eigenvalue weighted by atomic mass is 79.9. The summed E-state index contributed by atoms with van der Waals surface area (Å²) >= 11 is 3.09. The molecule has 1 atom stereocenters. The molecule has 1 saturated heterocycles. The van der Waals surface area contributed by atoms with Crippen LogP contribution in [0.5, 0.6) is 0 Å². The average molecular weight is 330 g/mol. The van der Waals surface area contributed by atoms with Crippen LogP contribution in [0.3, 0.4) is 0 Å². The molecule has 0 aliphatic carbocycles. The molecule has 1 aliphatic heterocycles. The van der Waals surface area contributed by atoms with E-state index in [0.29, 0.717) is 10.0 Å². The Balaban J connectivity index is 2.27. The summed E-state index contributed by atoms with van der Waals surface area (Å²) in [5, 5.41) is 9.46. The van der Waals surface area contributed by atoms with Crippen LogP contribution in [-0.4, -0.2) is 29.1 Å². The molecule has 0 aromatic heterocycles. The molecule has 1 N–H and O–H groups in total. The summed E-state index contributed by atoms with van der Waals surface area (Å²) in [4.78, 5) is 13.5. The molecule has 1 aromatic rings. The third-order valence-electron chi connectivity index (χ3n) is 3.50. The lowest BCUT2D eigenvalue weighted by atomic mass is 10.0. The summed E-state index contributed by atoms with van der Waals surface area (Å²) in [7, 11) is 0. The molecule has 0 saturated carbocycles. The van der Waals surface area contributed by atoms with Crippen molar-refractivity contribution in [3.63, 3.8) is 0 Å². The maximum Gasteiger partial charge on any atom is 0.325 e. The van der Waals surface area contributed by atoms with Crippen molar-refractivity contribution in [2.45, 2.75) is 31.7 Å². The number of carboxylic acids is 1. The average Bonchev–Trinajstić information content (AvgIpc) is 2.62. The number of benzene rings is 1. The zero-order valence-corrected chi connectivity index (χ0v) is 12.2. The van der Waals surface area contributed by atoms with Gasteiger partial charge in [0.1, 0.15) is 11.9 Å². The van der Waals surface area contributed by atoms with Crippen molar-refractivity contribution < 1.29 is 14.3 Å².